The van der Waals surface area contributed by atoms with Crippen LogP contribution in [0.15, 0.2) is 24.3 Å². The van der Waals surface area contributed by atoms with Crippen molar-refractivity contribution in [1.29, 1.82) is 0 Å². The van der Waals surface area contributed by atoms with Crippen LogP contribution in [0.3, 0.4) is 0 Å². The number of hydrogen-bond acceptors (Lipinski definition) is 4. The lowest BCUT2D eigenvalue weighted by Gasteiger charge is -2.22. The van der Waals surface area contributed by atoms with Crippen molar-refractivity contribution in [2.75, 3.05) is 30.8 Å². The lowest BCUT2D eigenvalue weighted by Crippen LogP contribution is -2.24. The number of anilines is 2. The number of ether oxygens (including phenoxy) is 1. The van der Waals surface area contributed by atoms with Crippen LogP contribution < -0.4 is 10.6 Å². The number of pyridine rings is 1. The van der Waals surface area contributed by atoms with Crippen LogP contribution in [0.1, 0.15) is 19.5 Å². The molecule has 108 valence electrons. The summed E-state index contributed by atoms with van der Waals surface area (Å²) in [5, 5.41) is 1.09. The lowest BCUT2D eigenvalue weighted by atomic mass is 10.1. The molecule has 2 N–H and O–H groups in total. The fourth-order valence-corrected chi connectivity index (χ4v) is 2.22. The van der Waals surface area contributed by atoms with Crippen LogP contribution in [0.25, 0.3) is 10.9 Å². The van der Waals surface area contributed by atoms with Gasteiger partial charge in [0.05, 0.1) is 18.2 Å². The number of nitrogen functional groups attached to an aromatic ring is 1. The molecule has 0 aliphatic heterocycles. The first-order valence-electron chi connectivity index (χ1n) is 6.97. The number of aromatic nitrogens is 1. The summed E-state index contributed by atoms with van der Waals surface area (Å²) < 4.78 is 5.62. The Hall–Kier alpha value is -1.81. The van der Waals surface area contributed by atoms with Crippen molar-refractivity contribution in [3.63, 3.8) is 0 Å². The Morgan fingerprint density at radius 3 is 2.75 bits per heavy atom. The van der Waals surface area contributed by atoms with E-state index < -0.39 is 0 Å². The standard InChI is InChI=1S/C16H23N3O/c1-11(2)20-8-7-19(4)16-9-12(3)18-15-6-5-13(17)10-14(15)16/h5-6,9-11H,7-8,17H2,1-4H3. The van der Waals surface area contributed by atoms with E-state index in [2.05, 4.69) is 23.0 Å². The Morgan fingerprint density at radius 1 is 1.30 bits per heavy atom. The normalized spacial score (nSPS) is 11.2. The third-order valence-corrected chi connectivity index (χ3v) is 3.23. The number of aryl methyl sites for hydroxylation is 1. The molecule has 2 rings (SSSR count). The molecule has 1 aromatic heterocycles. The largest absolute Gasteiger partial charge is 0.399 e. The van der Waals surface area contributed by atoms with Crippen LogP contribution in [0.5, 0.6) is 0 Å². The van der Waals surface area contributed by atoms with Crippen molar-refractivity contribution in [3.8, 4) is 0 Å². The van der Waals surface area contributed by atoms with E-state index >= 15 is 0 Å². The number of nitrogens with zero attached hydrogens (tertiary/aromatic N) is 2. The summed E-state index contributed by atoms with van der Waals surface area (Å²) in [6.07, 6.45) is 0.259. The van der Waals surface area contributed by atoms with E-state index in [0.29, 0.717) is 6.61 Å². The SMILES string of the molecule is Cc1cc(N(C)CCOC(C)C)c2cc(N)ccc2n1. The highest BCUT2D eigenvalue weighted by atomic mass is 16.5. The van der Waals surface area contributed by atoms with Crippen molar-refractivity contribution in [2.24, 2.45) is 0 Å². The zero-order chi connectivity index (χ0) is 14.7. The van der Waals surface area contributed by atoms with Gasteiger partial charge in [-0.2, -0.15) is 0 Å². The van der Waals surface area contributed by atoms with E-state index in [4.69, 9.17) is 10.5 Å². The van der Waals surface area contributed by atoms with Gasteiger partial charge in [-0.15, -0.1) is 0 Å². The molecule has 0 saturated heterocycles. The summed E-state index contributed by atoms with van der Waals surface area (Å²) in [6.45, 7) is 7.65. The second-order valence-corrected chi connectivity index (χ2v) is 5.40. The van der Waals surface area contributed by atoms with Gasteiger partial charge in [-0.25, -0.2) is 0 Å². The quantitative estimate of drug-likeness (QED) is 0.851. The molecule has 0 spiro atoms. The van der Waals surface area contributed by atoms with Gasteiger partial charge in [0, 0.05) is 36.0 Å². The molecular formula is C16H23N3O. The smallest absolute Gasteiger partial charge is 0.0727 e. The van der Waals surface area contributed by atoms with E-state index in [1.54, 1.807) is 0 Å². The average molecular weight is 273 g/mol. The van der Waals surface area contributed by atoms with Crippen molar-refractivity contribution >= 4 is 22.3 Å². The molecule has 0 saturated carbocycles. The van der Waals surface area contributed by atoms with Gasteiger partial charge in [0.25, 0.3) is 0 Å². The molecule has 0 fully saturated rings. The monoisotopic (exact) mass is 273 g/mol. The van der Waals surface area contributed by atoms with Crippen LogP contribution in [0.4, 0.5) is 11.4 Å². The zero-order valence-electron chi connectivity index (χ0n) is 12.7. The molecule has 2 aromatic rings. The Morgan fingerprint density at radius 2 is 2.05 bits per heavy atom. The van der Waals surface area contributed by atoms with Gasteiger partial charge >= 0.3 is 0 Å². The summed E-state index contributed by atoms with van der Waals surface area (Å²) in [5.74, 6) is 0. The van der Waals surface area contributed by atoms with Gasteiger partial charge in [-0.1, -0.05) is 0 Å². The van der Waals surface area contributed by atoms with Crippen molar-refractivity contribution in [3.05, 3.63) is 30.0 Å². The maximum absolute atomic E-state index is 5.90. The molecule has 0 aliphatic rings. The fraction of sp³-hybridized carbons (Fsp3) is 0.438. The minimum atomic E-state index is 0.259. The third-order valence-electron chi connectivity index (χ3n) is 3.23. The van der Waals surface area contributed by atoms with Crippen LogP contribution in [-0.2, 0) is 4.74 Å². The lowest BCUT2D eigenvalue weighted by molar-refractivity contribution is 0.0846. The average Bonchev–Trinajstić information content (AvgIpc) is 2.37. The summed E-state index contributed by atoms with van der Waals surface area (Å²) in [6, 6.07) is 7.94. The van der Waals surface area contributed by atoms with Gasteiger partial charge in [0.15, 0.2) is 0 Å². The van der Waals surface area contributed by atoms with E-state index in [1.807, 2.05) is 39.0 Å². The molecule has 0 atom stereocenters. The Bertz CT molecular complexity index is 596. The van der Waals surface area contributed by atoms with Gasteiger partial charge in [0.1, 0.15) is 0 Å². The van der Waals surface area contributed by atoms with Crippen LogP contribution >= 0.6 is 0 Å². The number of benzene rings is 1. The second kappa shape index (κ2) is 6.09. The summed E-state index contributed by atoms with van der Waals surface area (Å²) in [7, 11) is 2.07. The van der Waals surface area contributed by atoms with Crippen molar-refractivity contribution < 1.29 is 4.74 Å². The molecule has 0 aliphatic carbocycles. The van der Waals surface area contributed by atoms with Crippen molar-refractivity contribution in [2.45, 2.75) is 26.9 Å². The number of rotatable bonds is 5. The number of nitrogens with two attached hydrogens (primary N) is 1. The Kier molecular flexibility index (Phi) is 4.45. The minimum Gasteiger partial charge on any atom is -0.399 e. The summed E-state index contributed by atoms with van der Waals surface area (Å²) in [4.78, 5) is 6.75. The highest BCUT2D eigenvalue weighted by molar-refractivity contribution is 5.93. The third kappa shape index (κ3) is 3.39. The maximum Gasteiger partial charge on any atom is 0.0727 e. The van der Waals surface area contributed by atoms with Gasteiger partial charge in [0.2, 0.25) is 0 Å². The first-order valence-corrected chi connectivity index (χ1v) is 6.97. The maximum atomic E-state index is 5.90. The number of fused-ring (bicyclic) bond motifs is 1. The molecule has 0 unspecified atom stereocenters. The zero-order valence-corrected chi connectivity index (χ0v) is 12.7. The molecule has 20 heavy (non-hydrogen) atoms. The number of likely N-dealkylation sites (N-methyl/N-ethyl adjacent to an activating group) is 1. The highest BCUT2D eigenvalue weighted by Crippen LogP contribution is 2.27. The summed E-state index contributed by atoms with van der Waals surface area (Å²) >= 11 is 0. The van der Waals surface area contributed by atoms with Crippen molar-refractivity contribution in [1.82, 2.24) is 4.98 Å². The highest BCUT2D eigenvalue weighted by Gasteiger charge is 2.09. The summed E-state index contributed by atoms with van der Waals surface area (Å²) in [5.41, 5.74) is 9.79. The fourth-order valence-electron chi connectivity index (χ4n) is 2.22. The minimum absolute atomic E-state index is 0.259. The van der Waals surface area contributed by atoms with Gasteiger partial charge in [-0.05, 0) is 45.0 Å². The molecule has 1 aromatic carbocycles. The van der Waals surface area contributed by atoms with E-state index in [-0.39, 0.29) is 6.10 Å². The van der Waals surface area contributed by atoms with Crippen LogP contribution in [-0.4, -0.2) is 31.3 Å². The molecule has 0 radical (unpaired) electrons. The Balaban J connectivity index is 2.29. The van der Waals surface area contributed by atoms with Gasteiger partial charge in [-0.3, -0.25) is 4.98 Å². The topological polar surface area (TPSA) is 51.4 Å². The predicted molar refractivity (Wildman–Crippen MR) is 85.3 cm³/mol. The molecule has 1 heterocycles. The number of hydrogen-bond donors (Lipinski definition) is 1. The molecule has 0 bridgehead atoms. The molecule has 4 nitrogen and oxygen atoms in total. The van der Waals surface area contributed by atoms with Crippen LogP contribution in [0.2, 0.25) is 0 Å². The van der Waals surface area contributed by atoms with E-state index in [9.17, 15) is 0 Å². The molecular weight excluding hydrogens is 250 g/mol. The van der Waals surface area contributed by atoms with Gasteiger partial charge < -0.3 is 15.4 Å². The first kappa shape index (κ1) is 14.6. The molecule has 4 heteroatoms. The van der Waals surface area contributed by atoms with E-state index in [0.717, 1.165) is 34.5 Å². The van der Waals surface area contributed by atoms with E-state index in [1.165, 1.54) is 0 Å². The van der Waals surface area contributed by atoms with Crippen LogP contribution in [0, 0.1) is 6.92 Å². The molecule has 0 amide bonds. The second-order valence-electron chi connectivity index (χ2n) is 5.40. The predicted octanol–water partition coefficient (Wildman–Crippen LogP) is 2.99. The first-order chi connectivity index (χ1) is 9.47. The Labute approximate surface area is 120 Å².